The fourth-order valence-electron chi connectivity index (χ4n) is 3.46. The number of aryl methyl sites for hydroxylation is 1. The zero-order valence-corrected chi connectivity index (χ0v) is 21.4. The molecule has 0 spiro atoms. The maximum absolute atomic E-state index is 13.5. The molecule has 0 bridgehead atoms. The number of methoxy groups -OCH3 is 1. The molecular weight excluding hydrogens is 454 g/mol. The van der Waals surface area contributed by atoms with Gasteiger partial charge in [-0.15, -0.1) is 0 Å². The summed E-state index contributed by atoms with van der Waals surface area (Å²) in [7, 11) is -2.19. The second-order valence-electron chi connectivity index (χ2n) is 8.13. The first-order valence-corrected chi connectivity index (χ1v) is 13.2. The van der Waals surface area contributed by atoms with E-state index in [9.17, 15) is 18.0 Å². The molecule has 0 saturated carbocycles. The van der Waals surface area contributed by atoms with Gasteiger partial charge in [0.1, 0.15) is 18.3 Å². The molecule has 0 aliphatic rings. The van der Waals surface area contributed by atoms with E-state index < -0.39 is 28.5 Å². The molecule has 0 aliphatic heterocycles. The Labute approximate surface area is 202 Å². The summed E-state index contributed by atoms with van der Waals surface area (Å²) >= 11 is 0. The second kappa shape index (κ2) is 12.4. The molecule has 0 fully saturated rings. The predicted molar refractivity (Wildman–Crippen MR) is 134 cm³/mol. The maximum Gasteiger partial charge on any atom is 0.244 e. The van der Waals surface area contributed by atoms with Gasteiger partial charge in [-0.05, 0) is 55.2 Å². The second-order valence-corrected chi connectivity index (χ2v) is 10.0. The van der Waals surface area contributed by atoms with Gasteiger partial charge in [0.2, 0.25) is 21.8 Å². The molecule has 0 heterocycles. The quantitative estimate of drug-likeness (QED) is 0.495. The lowest BCUT2D eigenvalue weighted by atomic mass is 10.1. The summed E-state index contributed by atoms with van der Waals surface area (Å²) in [5.41, 5.74) is 2.22. The van der Waals surface area contributed by atoms with E-state index in [2.05, 4.69) is 5.32 Å². The van der Waals surface area contributed by atoms with Gasteiger partial charge < -0.3 is 15.0 Å². The highest BCUT2D eigenvalue weighted by Gasteiger charge is 2.30. The van der Waals surface area contributed by atoms with Gasteiger partial charge in [0.25, 0.3) is 0 Å². The van der Waals surface area contributed by atoms with Crippen molar-refractivity contribution in [3.05, 3.63) is 59.7 Å². The van der Waals surface area contributed by atoms with Crippen LogP contribution in [0.5, 0.6) is 5.75 Å². The van der Waals surface area contributed by atoms with E-state index >= 15 is 0 Å². The van der Waals surface area contributed by atoms with Crippen LogP contribution in [0.1, 0.15) is 38.3 Å². The number of sulfonamides is 1. The summed E-state index contributed by atoms with van der Waals surface area (Å²) in [6.07, 6.45) is 2.65. The molecule has 0 aromatic heterocycles. The number of anilines is 1. The Kier molecular flexibility index (Phi) is 9.92. The topological polar surface area (TPSA) is 96.0 Å². The van der Waals surface area contributed by atoms with Crippen LogP contribution in [0.3, 0.4) is 0 Å². The van der Waals surface area contributed by atoms with Crippen molar-refractivity contribution in [2.75, 3.05) is 30.8 Å². The largest absolute Gasteiger partial charge is 0.497 e. The summed E-state index contributed by atoms with van der Waals surface area (Å²) in [6.45, 7) is 5.79. The highest BCUT2D eigenvalue weighted by Crippen LogP contribution is 2.21. The third-order valence-corrected chi connectivity index (χ3v) is 6.66. The highest BCUT2D eigenvalue weighted by molar-refractivity contribution is 7.92. The number of nitrogens with one attached hydrogen (secondary N) is 1. The van der Waals surface area contributed by atoms with Crippen LogP contribution in [0, 0.1) is 0 Å². The third kappa shape index (κ3) is 7.48. The van der Waals surface area contributed by atoms with Crippen LogP contribution < -0.4 is 14.4 Å². The van der Waals surface area contributed by atoms with Crippen LogP contribution in [0.25, 0.3) is 0 Å². The Bertz CT molecular complexity index is 1070. The number of nitrogens with zero attached hydrogens (tertiary/aromatic N) is 2. The Morgan fingerprint density at radius 2 is 1.74 bits per heavy atom. The molecule has 0 aliphatic carbocycles. The highest BCUT2D eigenvalue weighted by atomic mass is 32.2. The van der Waals surface area contributed by atoms with Crippen molar-refractivity contribution in [3.8, 4) is 5.75 Å². The Balaban J connectivity index is 2.37. The molecule has 0 radical (unpaired) electrons. The first kappa shape index (κ1) is 27.2. The van der Waals surface area contributed by atoms with Gasteiger partial charge in [-0.3, -0.25) is 13.9 Å². The molecule has 2 aromatic carbocycles. The van der Waals surface area contributed by atoms with E-state index in [1.807, 2.05) is 32.0 Å². The Morgan fingerprint density at radius 3 is 2.29 bits per heavy atom. The van der Waals surface area contributed by atoms with Crippen LogP contribution in [0.15, 0.2) is 48.5 Å². The minimum Gasteiger partial charge on any atom is -0.497 e. The number of ether oxygens (including phenoxy) is 1. The molecule has 34 heavy (non-hydrogen) atoms. The number of hydrogen-bond acceptors (Lipinski definition) is 5. The van der Waals surface area contributed by atoms with Gasteiger partial charge in [0.15, 0.2) is 0 Å². The Morgan fingerprint density at radius 1 is 1.06 bits per heavy atom. The summed E-state index contributed by atoms with van der Waals surface area (Å²) in [5, 5.41) is 2.81. The number of benzene rings is 2. The van der Waals surface area contributed by atoms with E-state index in [4.69, 9.17) is 4.74 Å². The summed E-state index contributed by atoms with van der Waals surface area (Å²) < 4.78 is 31.5. The van der Waals surface area contributed by atoms with Crippen molar-refractivity contribution in [3.63, 3.8) is 0 Å². The van der Waals surface area contributed by atoms with E-state index in [0.717, 1.165) is 34.5 Å². The third-order valence-electron chi connectivity index (χ3n) is 5.52. The van der Waals surface area contributed by atoms with Crippen molar-refractivity contribution in [1.29, 1.82) is 0 Å². The van der Waals surface area contributed by atoms with Crippen molar-refractivity contribution >= 4 is 27.5 Å². The van der Waals surface area contributed by atoms with Crippen molar-refractivity contribution in [2.24, 2.45) is 0 Å². The zero-order valence-electron chi connectivity index (χ0n) is 20.6. The Hall–Kier alpha value is -3.07. The molecule has 2 rings (SSSR count). The lowest BCUT2D eigenvalue weighted by Crippen LogP contribution is -2.51. The molecule has 0 unspecified atom stereocenters. The molecule has 1 atom stereocenters. The summed E-state index contributed by atoms with van der Waals surface area (Å²) in [5.74, 6) is -0.148. The molecule has 8 nitrogen and oxygen atoms in total. The zero-order chi connectivity index (χ0) is 25.3. The van der Waals surface area contributed by atoms with E-state index in [-0.39, 0.29) is 12.5 Å². The molecule has 2 amide bonds. The van der Waals surface area contributed by atoms with Gasteiger partial charge in [0.05, 0.1) is 19.1 Å². The number of hydrogen-bond donors (Lipinski definition) is 1. The van der Waals surface area contributed by atoms with Gasteiger partial charge in [-0.1, -0.05) is 38.1 Å². The molecule has 0 saturated heterocycles. The molecular formula is C25H35N3O5S. The lowest BCUT2D eigenvalue weighted by Gasteiger charge is -2.31. The average molecular weight is 490 g/mol. The van der Waals surface area contributed by atoms with Gasteiger partial charge in [-0.25, -0.2) is 8.42 Å². The predicted octanol–water partition coefficient (Wildman–Crippen LogP) is 2.97. The van der Waals surface area contributed by atoms with Crippen molar-refractivity contribution in [1.82, 2.24) is 10.2 Å². The summed E-state index contributed by atoms with van der Waals surface area (Å²) in [4.78, 5) is 27.6. The van der Waals surface area contributed by atoms with Crippen LogP contribution in [-0.4, -0.2) is 57.6 Å². The first-order chi connectivity index (χ1) is 16.1. The molecule has 9 heteroatoms. The molecule has 2 aromatic rings. The minimum absolute atomic E-state index is 0.128. The van der Waals surface area contributed by atoms with Crippen molar-refractivity contribution in [2.45, 2.75) is 46.2 Å². The standard InChI is InChI=1S/C25H35N3O5S/c1-6-15-26-25(30)19(3)27(17-21-9-8-10-23(16-21)33-4)24(29)18-28(34(5,31)32)22-13-11-20(7-2)12-14-22/h8-14,16,19H,6-7,15,17-18H2,1-5H3,(H,26,30)/t19-/m1/s1. The van der Waals surface area contributed by atoms with Crippen molar-refractivity contribution < 1.29 is 22.7 Å². The van der Waals surface area contributed by atoms with Crippen LogP contribution in [0.4, 0.5) is 5.69 Å². The average Bonchev–Trinajstić information content (AvgIpc) is 2.83. The summed E-state index contributed by atoms with van der Waals surface area (Å²) in [6, 6.07) is 13.5. The molecule has 186 valence electrons. The normalized spacial score (nSPS) is 12.0. The smallest absolute Gasteiger partial charge is 0.244 e. The van der Waals surface area contributed by atoms with Crippen LogP contribution in [-0.2, 0) is 32.6 Å². The number of carbonyl (C=O) groups is 2. The fraction of sp³-hybridized carbons (Fsp3) is 0.440. The number of carbonyl (C=O) groups excluding carboxylic acids is 2. The first-order valence-electron chi connectivity index (χ1n) is 11.4. The van der Waals surface area contributed by atoms with Gasteiger partial charge in [-0.2, -0.15) is 0 Å². The van der Waals surface area contributed by atoms with E-state index in [0.29, 0.717) is 18.0 Å². The minimum atomic E-state index is -3.74. The van der Waals surface area contributed by atoms with Crippen LogP contribution in [0.2, 0.25) is 0 Å². The maximum atomic E-state index is 13.5. The fourth-order valence-corrected chi connectivity index (χ4v) is 4.31. The molecule has 1 N–H and O–H groups in total. The number of rotatable bonds is 12. The van der Waals surface area contributed by atoms with Gasteiger partial charge in [0, 0.05) is 13.1 Å². The van der Waals surface area contributed by atoms with E-state index in [1.54, 1.807) is 44.4 Å². The van der Waals surface area contributed by atoms with E-state index in [1.165, 1.54) is 4.90 Å². The lowest BCUT2D eigenvalue weighted by molar-refractivity contribution is -0.139. The number of amides is 2. The SMILES string of the molecule is CCCNC(=O)[C@@H](C)N(Cc1cccc(OC)c1)C(=O)CN(c1ccc(CC)cc1)S(C)(=O)=O. The van der Waals surface area contributed by atoms with Gasteiger partial charge >= 0.3 is 0 Å². The van der Waals surface area contributed by atoms with Crippen LogP contribution >= 0.6 is 0 Å². The monoisotopic (exact) mass is 489 g/mol.